The van der Waals surface area contributed by atoms with Crippen LogP contribution in [0.15, 0.2) is 94.6 Å². The van der Waals surface area contributed by atoms with Crippen LogP contribution < -0.4 is 20.7 Å². The Hall–Kier alpha value is -4.34. The maximum atomic E-state index is 13.6. The molecule has 2 fully saturated rings. The molecule has 0 amide bonds. The third-order valence-electron chi connectivity index (χ3n) is 11.6. The molecule has 1 unspecified atom stereocenters. The third kappa shape index (κ3) is 7.94. The summed E-state index contributed by atoms with van der Waals surface area (Å²) < 4.78 is 43.4. The first-order chi connectivity index (χ1) is 27.3. The Labute approximate surface area is 336 Å². The highest BCUT2D eigenvalue weighted by Crippen LogP contribution is 2.64. The SMILES string of the molecule is COc1ccc(C(OC[C@]23O[C@@H](n4cc(C)c(=O)[nH]c4=O)[C@H]([C@H](C)[C@H]2C)[C@@H]3OP(OCCC#N)N(C(C)C)C(C)C)(c2ccccc2)c2ccc(OC)cc2)cc1. The van der Waals surface area contributed by atoms with Crippen molar-refractivity contribution >= 4 is 8.53 Å². The van der Waals surface area contributed by atoms with E-state index in [0.29, 0.717) is 17.1 Å². The average molecular weight is 799 g/mol. The number of benzene rings is 3. The number of ether oxygens (including phenoxy) is 4. The summed E-state index contributed by atoms with van der Waals surface area (Å²) in [5.41, 5.74) is -0.293. The predicted octanol–water partition coefficient (Wildman–Crippen LogP) is 7.70. The van der Waals surface area contributed by atoms with Crippen molar-refractivity contribution in [1.29, 1.82) is 5.26 Å². The Morgan fingerprint density at radius 1 is 0.912 bits per heavy atom. The Balaban J connectivity index is 1.55. The minimum atomic E-state index is -1.72. The molecule has 0 spiro atoms. The summed E-state index contributed by atoms with van der Waals surface area (Å²) in [7, 11) is 1.55. The fraction of sp³-hybridized carbons (Fsp3) is 0.477. The molecule has 1 aliphatic heterocycles. The van der Waals surface area contributed by atoms with E-state index in [9.17, 15) is 14.9 Å². The molecule has 2 heterocycles. The Morgan fingerprint density at radius 2 is 1.47 bits per heavy atom. The van der Waals surface area contributed by atoms with Crippen LogP contribution in [0.1, 0.15) is 76.4 Å². The fourth-order valence-corrected chi connectivity index (χ4v) is 10.5. The van der Waals surface area contributed by atoms with Crippen molar-refractivity contribution in [3.63, 3.8) is 0 Å². The fourth-order valence-electron chi connectivity index (χ4n) is 8.64. The van der Waals surface area contributed by atoms with Gasteiger partial charge in [0, 0.05) is 29.8 Å². The van der Waals surface area contributed by atoms with Gasteiger partial charge in [-0.2, -0.15) is 5.26 Å². The van der Waals surface area contributed by atoms with Gasteiger partial charge in [-0.3, -0.25) is 14.3 Å². The first-order valence-electron chi connectivity index (χ1n) is 19.6. The maximum absolute atomic E-state index is 13.6. The summed E-state index contributed by atoms with van der Waals surface area (Å²) in [6.45, 7) is 14.6. The number of nitrogens with zero attached hydrogens (tertiary/aromatic N) is 3. The normalized spacial score (nSPS) is 23.6. The van der Waals surface area contributed by atoms with Crippen molar-refractivity contribution in [1.82, 2.24) is 14.2 Å². The second-order valence-electron chi connectivity index (χ2n) is 15.5. The predicted molar refractivity (Wildman–Crippen MR) is 219 cm³/mol. The van der Waals surface area contributed by atoms with Crippen LogP contribution in [0.3, 0.4) is 0 Å². The van der Waals surface area contributed by atoms with Crippen LogP contribution in [0.2, 0.25) is 0 Å². The van der Waals surface area contributed by atoms with Gasteiger partial charge in [-0.25, -0.2) is 9.46 Å². The van der Waals surface area contributed by atoms with Crippen molar-refractivity contribution in [2.45, 2.75) is 90.5 Å². The summed E-state index contributed by atoms with van der Waals surface area (Å²) in [6.07, 6.45) is 0.360. The molecule has 2 bridgehead atoms. The largest absolute Gasteiger partial charge is 0.497 e. The molecule has 1 saturated carbocycles. The molecule has 7 atom stereocenters. The Bertz CT molecular complexity index is 2060. The van der Waals surface area contributed by atoms with Gasteiger partial charge in [-0.15, -0.1) is 0 Å². The zero-order valence-electron chi connectivity index (χ0n) is 34.3. The topological polar surface area (TPSA) is 137 Å². The lowest BCUT2D eigenvalue weighted by molar-refractivity contribution is -0.198. The first-order valence-corrected chi connectivity index (χ1v) is 20.7. The number of aromatic nitrogens is 2. The number of aromatic amines is 1. The van der Waals surface area contributed by atoms with Crippen LogP contribution in [0.5, 0.6) is 11.5 Å². The van der Waals surface area contributed by atoms with E-state index in [0.717, 1.165) is 16.7 Å². The van der Waals surface area contributed by atoms with E-state index >= 15 is 0 Å². The van der Waals surface area contributed by atoms with Gasteiger partial charge in [-0.1, -0.05) is 68.4 Å². The third-order valence-corrected chi connectivity index (χ3v) is 13.8. The highest BCUT2D eigenvalue weighted by Gasteiger charge is 2.70. The maximum Gasteiger partial charge on any atom is 0.330 e. The van der Waals surface area contributed by atoms with Crippen molar-refractivity contribution in [3.8, 4) is 17.6 Å². The van der Waals surface area contributed by atoms with E-state index in [2.05, 4.69) is 69.4 Å². The van der Waals surface area contributed by atoms with Crippen LogP contribution in [0, 0.1) is 36.0 Å². The smallest absolute Gasteiger partial charge is 0.330 e. The van der Waals surface area contributed by atoms with E-state index in [1.54, 1.807) is 27.3 Å². The number of nitrogens with one attached hydrogen (secondary N) is 1. The minimum Gasteiger partial charge on any atom is -0.497 e. The average Bonchev–Trinajstić information content (AvgIpc) is 3.62. The standard InChI is InChI=1S/C44H55N4O8P/c1-28(2)48(29(3)4)57(54-25-13-24-45)56-39-38-31(6)32(7)43(39,55-41(38)47-26-30(5)40(49)46-42(47)50)27-53-44(33-14-11-10-12-15-33,34-16-20-36(51-8)21-17-34)35-18-22-37(52-9)23-19-35/h10-12,14-23,26,28-29,31-32,38-39,41H,13,25,27H2,1-9H3,(H,46,49,50)/t31-,32-,38-,39+,41-,43+,57?/m1/s1. The molecular formula is C44H55N4O8P. The Morgan fingerprint density at radius 3 is 2.00 bits per heavy atom. The highest BCUT2D eigenvalue weighted by molar-refractivity contribution is 7.44. The summed E-state index contributed by atoms with van der Waals surface area (Å²) in [5.74, 6) is 0.928. The van der Waals surface area contributed by atoms with Crippen LogP contribution in [-0.2, 0) is 24.1 Å². The molecule has 0 radical (unpaired) electrons. The van der Waals surface area contributed by atoms with Crippen LogP contribution in [0.25, 0.3) is 0 Å². The molecule has 304 valence electrons. The molecule has 57 heavy (non-hydrogen) atoms. The molecule has 2 aliphatic rings. The molecule has 3 aromatic carbocycles. The molecular weight excluding hydrogens is 743 g/mol. The number of nitriles is 1. The number of aryl methyl sites for hydroxylation is 1. The summed E-state index contributed by atoms with van der Waals surface area (Å²) >= 11 is 0. The van der Waals surface area contributed by atoms with Gasteiger partial charge < -0.3 is 28.0 Å². The second-order valence-corrected chi connectivity index (χ2v) is 16.9. The molecule has 1 aliphatic carbocycles. The summed E-state index contributed by atoms with van der Waals surface area (Å²) in [6, 6.07) is 28.1. The van der Waals surface area contributed by atoms with E-state index in [-0.39, 0.29) is 49.5 Å². The molecule has 1 saturated heterocycles. The highest BCUT2D eigenvalue weighted by atomic mass is 31.2. The van der Waals surface area contributed by atoms with E-state index in [1.807, 2.05) is 66.7 Å². The van der Waals surface area contributed by atoms with Gasteiger partial charge in [0.25, 0.3) is 14.1 Å². The van der Waals surface area contributed by atoms with Crippen LogP contribution in [-0.4, -0.2) is 65.4 Å². The lowest BCUT2D eigenvalue weighted by Gasteiger charge is -2.44. The van der Waals surface area contributed by atoms with Crippen LogP contribution >= 0.6 is 8.53 Å². The van der Waals surface area contributed by atoms with Gasteiger partial charge in [0.1, 0.15) is 35.0 Å². The minimum absolute atomic E-state index is 0.0212. The zero-order chi connectivity index (χ0) is 41.1. The molecule has 13 heteroatoms. The van der Waals surface area contributed by atoms with Crippen molar-refractivity contribution in [2.75, 3.05) is 27.4 Å². The lowest BCUT2D eigenvalue weighted by atomic mass is 9.79. The monoisotopic (exact) mass is 798 g/mol. The van der Waals surface area contributed by atoms with E-state index < -0.39 is 43.3 Å². The van der Waals surface area contributed by atoms with Gasteiger partial charge in [0.15, 0.2) is 0 Å². The number of H-pyrrole nitrogens is 1. The molecule has 4 aromatic rings. The Kier molecular flexibility index (Phi) is 13.1. The van der Waals surface area contributed by atoms with Crippen molar-refractivity contribution in [2.24, 2.45) is 17.8 Å². The number of hydrogen-bond donors (Lipinski definition) is 1. The van der Waals surface area contributed by atoms with Gasteiger partial charge in [0.05, 0.1) is 39.9 Å². The number of rotatable bonds is 17. The molecule has 6 rings (SSSR count). The van der Waals surface area contributed by atoms with E-state index in [1.165, 1.54) is 4.57 Å². The molecule has 12 nitrogen and oxygen atoms in total. The number of fused-ring (bicyclic) bond motifs is 2. The zero-order valence-corrected chi connectivity index (χ0v) is 35.2. The number of hydrogen-bond acceptors (Lipinski definition) is 10. The second kappa shape index (κ2) is 17.7. The van der Waals surface area contributed by atoms with Crippen molar-refractivity contribution in [3.05, 3.63) is 128 Å². The first kappa shape index (κ1) is 42.3. The van der Waals surface area contributed by atoms with Gasteiger partial charge in [0.2, 0.25) is 0 Å². The van der Waals surface area contributed by atoms with E-state index in [4.69, 9.17) is 28.0 Å². The lowest BCUT2D eigenvalue weighted by Crippen LogP contribution is -2.51. The number of methoxy groups -OCH3 is 2. The quantitative estimate of drug-likeness (QED) is 0.0643. The van der Waals surface area contributed by atoms with Gasteiger partial charge in [-0.05, 0) is 87.4 Å². The summed E-state index contributed by atoms with van der Waals surface area (Å²) in [5, 5.41) is 9.45. The molecule has 1 aromatic heterocycles. The summed E-state index contributed by atoms with van der Waals surface area (Å²) in [4.78, 5) is 28.6. The van der Waals surface area contributed by atoms with Gasteiger partial charge >= 0.3 is 5.69 Å². The molecule has 1 N–H and O–H groups in total. The van der Waals surface area contributed by atoms with Crippen LogP contribution in [0.4, 0.5) is 0 Å². The van der Waals surface area contributed by atoms with Crippen molar-refractivity contribution < 1.29 is 28.0 Å².